The van der Waals surface area contributed by atoms with Gasteiger partial charge >= 0.3 is 0 Å². The third-order valence-electron chi connectivity index (χ3n) is 5.41. The van der Waals surface area contributed by atoms with E-state index in [0.717, 1.165) is 0 Å². The van der Waals surface area contributed by atoms with Gasteiger partial charge in [0.15, 0.2) is 0 Å². The SMILES string of the molecule is CN(C)c1ccc([C@H]2[C@@H]3CCCc4ccccc4C3=NN2C)cc1. The van der Waals surface area contributed by atoms with Crippen LogP contribution in [0, 0.1) is 5.92 Å². The second-order valence-corrected chi connectivity index (χ2v) is 7.15. The molecule has 3 nitrogen and oxygen atoms in total. The lowest BCUT2D eigenvalue weighted by Gasteiger charge is -2.26. The molecule has 0 amide bonds. The second kappa shape index (κ2) is 5.97. The van der Waals surface area contributed by atoms with Crippen molar-refractivity contribution in [1.29, 1.82) is 0 Å². The maximum atomic E-state index is 4.97. The van der Waals surface area contributed by atoms with Crippen molar-refractivity contribution in [3.63, 3.8) is 0 Å². The van der Waals surface area contributed by atoms with Crippen LogP contribution in [0.1, 0.15) is 35.6 Å². The maximum Gasteiger partial charge on any atom is 0.0801 e. The van der Waals surface area contributed by atoms with Gasteiger partial charge in [-0.3, -0.25) is 5.01 Å². The van der Waals surface area contributed by atoms with Crippen molar-refractivity contribution in [2.45, 2.75) is 25.3 Å². The fourth-order valence-electron chi connectivity index (χ4n) is 4.18. The Kier molecular flexibility index (Phi) is 3.79. The van der Waals surface area contributed by atoms with Crippen LogP contribution in [0.3, 0.4) is 0 Å². The number of rotatable bonds is 2. The van der Waals surface area contributed by atoms with Crippen LogP contribution >= 0.6 is 0 Å². The number of nitrogens with zero attached hydrogens (tertiary/aromatic N) is 3. The van der Waals surface area contributed by atoms with E-state index in [1.54, 1.807) is 0 Å². The summed E-state index contributed by atoms with van der Waals surface area (Å²) in [4.78, 5) is 2.14. The molecule has 2 aromatic rings. The van der Waals surface area contributed by atoms with Gasteiger partial charge in [0.2, 0.25) is 0 Å². The third kappa shape index (κ3) is 2.48. The van der Waals surface area contributed by atoms with Crippen LogP contribution in [0.4, 0.5) is 5.69 Å². The number of hydrogen-bond acceptors (Lipinski definition) is 3. The molecule has 1 aliphatic heterocycles. The highest BCUT2D eigenvalue weighted by atomic mass is 15.5. The van der Waals surface area contributed by atoms with Gasteiger partial charge in [-0.1, -0.05) is 36.4 Å². The summed E-state index contributed by atoms with van der Waals surface area (Å²) in [5.74, 6) is 0.490. The molecule has 0 saturated heterocycles. The predicted molar refractivity (Wildman–Crippen MR) is 101 cm³/mol. The fourth-order valence-corrected chi connectivity index (χ4v) is 4.18. The van der Waals surface area contributed by atoms with Gasteiger partial charge in [-0.2, -0.15) is 5.10 Å². The first kappa shape index (κ1) is 15.3. The van der Waals surface area contributed by atoms with Crippen LogP contribution in [0.5, 0.6) is 0 Å². The minimum Gasteiger partial charge on any atom is -0.378 e. The number of benzene rings is 2. The van der Waals surface area contributed by atoms with Crippen molar-refractivity contribution >= 4 is 11.4 Å². The van der Waals surface area contributed by atoms with Gasteiger partial charge in [-0.25, -0.2) is 0 Å². The summed E-state index contributed by atoms with van der Waals surface area (Å²) in [6.07, 6.45) is 3.61. The molecule has 2 aliphatic rings. The summed E-state index contributed by atoms with van der Waals surface area (Å²) in [5, 5.41) is 7.14. The Morgan fingerprint density at radius 3 is 2.54 bits per heavy atom. The first-order chi connectivity index (χ1) is 11.6. The molecule has 0 N–H and O–H groups in total. The van der Waals surface area contributed by atoms with Crippen molar-refractivity contribution in [1.82, 2.24) is 5.01 Å². The highest BCUT2D eigenvalue weighted by molar-refractivity contribution is 6.05. The molecular weight excluding hydrogens is 294 g/mol. The highest BCUT2D eigenvalue weighted by Crippen LogP contribution is 2.41. The van der Waals surface area contributed by atoms with Crippen LogP contribution in [-0.4, -0.2) is 31.9 Å². The molecule has 0 spiro atoms. The van der Waals surface area contributed by atoms with Gasteiger partial charge in [-0.05, 0) is 42.5 Å². The van der Waals surface area contributed by atoms with E-state index in [4.69, 9.17) is 5.10 Å². The molecule has 124 valence electrons. The molecule has 4 rings (SSSR count). The van der Waals surface area contributed by atoms with Crippen LogP contribution in [-0.2, 0) is 6.42 Å². The Morgan fingerprint density at radius 2 is 1.79 bits per heavy atom. The van der Waals surface area contributed by atoms with E-state index < -0.39 is 0 Å². The van der Waals surface area contributed by atoms with Gasteiger partial charge in [0.1, 0.15) is 0 Å². The van der Waals surface area contributed by atoms with E-state index in [9.17, 15) is 0 Å². The van der Waals surface area contributed by atoms with Gasteiger partial charge in [0.25, 0.3) is 0 Å². The summed E-state index contributed by atoms with van der Waals surface area (Å²) in [5.41, 5.74) is 6.71. The van der Waals surface area contributed by atoms with E-state index in [1.165, 1.54) is 47.4 Å². The Hall–Kier alpha value is -2.29. The summed E-state index contributed by atoms with van der Waals surface area (Å²) < 4.78 is 0. The largest absolute Gasteiger partial charge is 0.378 e. The highest BCUT2D eigenvalue weighted by Gasteiger charge is 2.38. The molecule has 3 heteroatoms. The first-order valence-corrected chi connectivity index (χ1v) is 8.82. The zero-order valence-electron chi connectivity index (χ0n) is 14.7. The Morgan fingerprint density at radius 1 is 1.04 bits per heavy atom. The predicted octanol–water partition coefficient (Wildman–Crippen LogP) is 4.10. The molecule has 0 aromatic heterocycles. The van der Waals surface area contributed by atoms with Crippen molar-refractivity contribution in [3.05, 3.63) is 65.2 Å². The molecule has 0 radical (unpaired) electrons. The number of hydrazone groups is 1. The Bertz CT molecular complexity index is 761. The van der Waals surface area contributed by atoms with Crippen LogP contribution < -0.4 is 4.90 Å². The molecule has 2 atom stereocenters. The van der Waals surface area contributed by atoms with Crippen LogP contribution in [0.25, 0.3) is 0 Å². The van der Waals surface area contributed by atoms with Gasteiger partial charge < -0.3 is 4.90 Å². The van der Waals surface area contributed by atoms with E-state index in [0.29, 0.717) is 12.0 Å². The van der Waals surface area contributed by atoms with Gasteiger partial charge in [0, 0.05) is 38.3 Å². The number of aryl methyl sites for hydroxylation is 1. The Balaban J connectivity index is 1.70. The van der Waals surface area contributed by atoms with E-state index in [-0.39, 0.29) is 0 Å². The average Bonchev–Trinajstić information content (AvgIpc) is 2.81. The summed E-state index contributed by atoms with van der Waals surface area (Å²) >= 11 is 0. The third-order valence-corrected chi connectivity index (χ3v) is 5.41. The smallest absolute Gasteiger partial charge is 0.0801 e. The summed E-state index contributed by atoms with van der Waals surface area (Å²) in [7, 11) is 6.29. The molecule has 0 bridgehead atoms. The number of fused-ring (bicyclic) bond motifs is 3. The molecule has 24 heavy (non-hydrogen) atoms. The lowest BCUT2D eigenvalue weighted by molar-refractivity contribution is 0.243. The standard InChI is InChI=1S/C21H25N3/c1-23(2)17-13-11-16(12-14-17)21-19-10-6-8-15-7-4-5-9-18(15)20(19)22-24(21)3/h4-5,7,9,11-14,19,21H,6,8,10H2,1-3H3/t19-,21+/m1/s1. The summed E-state index contributed by atoms with van der Waals surface area (Å²) in [6.45, 7) is 0. The monoisotopic (exact) mass is 319 g/mol. The van der Waals surface area contributed by atoms with Gasteiger partial charge in [-0.15, -0.1) is 0 Å². The van der Waals surface area contributed by atoms with Gasteiger partial charge in [0.05, 0.1) is 11.8 Å². The fraction of sp³-hybridized carbons (Fsp3) is 0.381. The van der Waals surface area contributed by atoms with Crippen LogP contribution in [0.15, 0.2) is 53.6 Å². The normalized spacial score (nSPS) is 22.5. The van der Waals surface area contributed by atoms with Crippen LogP contribution in [0.2, 0.25) is 0 Å². The van der Waals surface area contributed by atoms with Crippen molar-refractivity contribution in [2.75, 3.05) is 26.0 Å². The van der Waals surface area contributed by atoms with E-state index in [1.807, 2.05) is 0 Å². The van der Waals surface area contributed by atoms with E-state index >= 15 is 0 Å². The lowest BCUT2D eigenvalue weighted by atomic mass is 9.85. The molecule has 1 aliphatic carbocycles. The molecule has 1 heterocycles. The molecule has 0 saturated carbocycles. The Labute approximate surface area is 144 Å². The van der Waals surface area contributed by atoms with Crippen molar-refractivity contribution in [3.8, 4) is 0 Å². The lowest BCUT2D eigenvalue weighted by Crippen LogP contribution is -2.23. The quantitative estimate of drug-likeness (QED) is 0.830. The molecule has 0 unspecified atom stereocenters. The maximum absolute atomic E-state index is 4.97. The molecule has 2 aromatic carbocycles. The molecular formula is C21H25N3. The van der Waals surface area contributed by atoms with Crippen molar-refractivity contribution < 1.29 is 0 Å². The van der Waals surface area contributed by atoms with Crippen molar-refractivity contribution in [2.24, 2.45) is 11.0 Å². The van der Waals surface area contributed by atoms with E-state index in [2.05, 4.69) is 79.6 Å². The minimum absolute atomic E-state index is 0.349. The average molecular weight is 319 g/mol. The topological polar surface area (TPSA) is 18.8 Å². The zero-order valence-corrected chi connectivity index (χ0v) is 14.7. The summed E-state index contributed by atoms with van der Waals surface area (Å²) in [6, 6.07) is 18.1. The molecule has 0 fully saturated rings. The number of anilines is 1. The first-order valence-electron chi connectivity index (χ1n) is 8.82. The number of hydrogen-bond donors (Lipinski definition) is 0. The minimum atomic E-state index is 0.349. The second-order valence-electron chi connectivity index (χ2n) is 7.15. The zero-order chi connectivity index (χ0) is 16.7.